The van der Waals surface area contributed by atoms with Crippen LogP contribution in [0.5, 0.6) is 0 Å². The summed E-state index contributed by atoms with van der Waals surface area (Å²) in [5.74, 6) is -0.522. The highest BCUT2D eigenvalue weighted by Gasteiger charge is 2.30. The molecule has 7 nitrogen and oxygen atoms in total. The van der Waals surface area contributed by atoms with Crippen molar-refractivity contribution in [2.24, 2.45) is 0 Å². The molecule has 2 aromatic carbocycles. The average molecular weight is 453 g/mol. The third-order valence-corrected chi connectivity index (χ3v) is 5.86. The lowest BCUT2D eigenvalue weighted by Crippen LogP contribution is -2.18. The number of alkyl halides is 3. The minimum Gasteiger partial charge on any atom is -0.289 e. The van der Waals surface area contributed by atoms with Crippen LogP contribution in [0.3, 0.4) is 0 Å². The summed E-state index contributed by atoms with van der Waals surface area (Å²) in [4.78, 5) is 15.3. The van der Waals surface area contributed by atoms with Crippen LogP contribution in [0, 0.1) is 0 Å². The first-order chi connectivity index (χ1) is 14.6. The van der Waals surface area contributed by atoms with Crippen LogP contribution in [0.25, 0.3) is 10.9 Å². The van der Waals surface area contributed by atoms with E-state index in [4.69, 9.17) is 5.21 Å². The van der Waals surface area contributed by atoms with Gasteiger partial charge in [-0.3, -0.25) is 19.7 Å². The second-order valence-corrected chi connectivity index (χ2v) is 8.38. The highest BCUT2D eigenvalue weighted by Crippen LogP contribution is 2.30. The molecule has 0 aliphatic rings. The number of carbonyl (C=O) groups excluding carboxylic acids is 1. The normalized spacial score (nSPS) is 12.0. The molecule has 0 aliphatic heterocycles. The molecular formula is C20H18F3N3O4S. The highest BCUT2D eigenvalue weighted by atomic mass is 32.2. The lowest BCUT2D eigenvalue weighted by atomic mass is 10.1. The van der Waals surface area contributed by atoms with E-state index in [1.54, 1.807) is 29.7 Å². The van der Waals surface area contributed by atoms with E-state index in [1.807, 2.05) is 0 Å². The van der Waals surface area contributed by atoms with Gasteiger partial charge in [-0.15, -0.1) is 0 Å². The molecule has 31 heavy (non-hydrogen) atoms. The van der Waals surface area contributed by atoms with E-state index in [-0.39, 0.29) is 17.0 Å². The van der Waals surface area contributed by atoms with E-state index in [1.165, 1.54) is 6.07 Å². The first-order valence-electron chi connectivity index (χ1n) is 9.12. The maximum atomic E-state index is 12.7. The van der Waals surface area contributed by atoms with E-state index in [9.17, 15) is 26.4 Å². The summed E-state index contributed by atoms with van der Waals surface area (Å²) in [6, 6.07) is 11.5. The maximum absolute atomic E-state index is 12.7. The van der Waals surface area contributed by atoms with Crippen LogP contribution >= 0.6 is 0 Å². The summed E-state index contributed by atoms with van der Waals surface area (Å²) in [6.45, 7) is 0. The van der Waals surface area contributed by atoms with Crippen molar-refractivity contribution in [3.05, 3.63) is 65.9 Å². The number of aryl methyl sites for hydroxylation is 1. The number of sulfonamides is 1. The van der Waals surface area contributed by atoms with Crippen LogP contribution in [0.1, 0.15) is 24.1 Å². The topological polar surface area (TPSA) is 108 Å². The first-order valence-corrected chi connectivity index (χ1v) is 10.6. The molecule has 0 bridgehead atoms. The Morgan fingerprint density at radius 3 is 2.39 bits per heavy atom. The van der Waals surface area contributed by atoms with Crippen LogP contribution in [0.4, 0.5) is 18.9 Å². The van der Waals surface area contributed by atoms with Gasteiger partial charge in [0.25, 0.3) is 10.0 Å². The molecule has 3 N–H and O–H groups in total. The summed E-state index contributed by atoms with van der Waals surface area (Å²) < 4.78 is 65.9. The van der Waals surface area contributed by atoms with Crippen LogP contribution in [-0.2, 0) is 27.4 Å². The minimum absolute atomic E-state index is 0.0956. The third kappa shape index (κ3) is 5.50. The Balaban J connectivity index is 1.86. The van der Waals surface area contributed by atoms with Gasteiger partial charge in [0, 0.05) is 17.5 Å². The summed E-state index contributed by atoms with van der Waals surface area (Å²) in [5.41, 5.74) is 1.75. The van der Waals surface area contributed by atoms with Gasteiger partial charge in [0.1, 0.15) is 0 Å². The number of pyridine rings is 1. The van der Waals surface area contributed by atoms with Crippen molar-refractivity contribution in [1.82, 2.24) is 10.5 Å². The first kappa shape index (κ1) is 22.5. The van der Waals surface area contributed by atoms with Gasteiger partial charge in [0.15, 0.2) is 0 Å². The molecule has 1 heterocycles. The van der Waals surface area contributed by atoms with Gasteiger partial charge in [-0.25, -0.2) is 13.9 Å². The molecule has 0 atom stereocenters. The van der Waals surface area contributed by atoms with E-state index < -0.39 is 27.7 Å². The number of para-hydroxylation sites is 1. The average Bonchev–Trinajstić information content (AvgIpc) is 2.73. The smallest absolute Gasteiger partial charge is 0.289 e. The van der Waals surface area contributed by atoms with E-state index in [0.717, 1.165) is 12.1 Å². The van der Waals surface area contributed by atoms with E-state index >= 15 is 0 Å². The zero-order valence-electron chi connectivity index (χ0n) is 16.0. The molecule has 11 heteroatoms. The number of carbonyl (C=O) groups is 1. The largest absolute Gasteiger partial charge is 0.416 e. The second-order valence-electron chi connectivity index (χ2n) is 6.70. The van der Waals surface area contributed by atoms with Gasteiger partial charge in [0.05, 0.1) is 21.7 Å². The number of nitrogens with one attached hydrogen (secondary N) is 2. The Morgan fingerprint density at radius 1 is 1.03 bits per heavy atom. The van der Waals surface area contributed by atoms with Crippen molar-refractivity contribution in [1.29, 1.82) is 0 Å². The predicted molar refractivity (Wildman–Crippen MR) is 107 cm³/mol. The summed E-state index contributed by atoms with van der Waals surface area (Å²) >= 11 is 0. The van der Waals surface area contributed by atoms with Crippen molar-refractivity contribution in [3.63, 3.8) is 0 Å². The molecule has 1 aromatic heterocycles. The van der Waals surface area contributed by atoms with Crippen molar-refractivity contribution in [2.45, 2.75) is 30.3 Å². The standard InChI is InChI=1S/C20H18F3N3O4S/c21-20(22,23)14-8-11-16(12-9-14)31(29,30)26-17-5-1-3-13-7-10-15(24-19(13)17)4-2-6-18(27)25-28/h1,3,5,7-12,26,28H,2,4,6H2,(H,25,27). The maximum Gasteiger partial charge on any atom is 0.416 e. The molecule has 3 rings (SSSR count). The van der Waals surface area contributed by atoms with E-state index in [2.05, 4.69) is 9.71 Å². The molecule has 0 radical (unpaired) electrons. The molecule has 1 amide bonds. The second kappa shape index (κ2) is 8.90. The molecule has 0 spiro atoms. The summed E-state index contributed by atoms with van der Waals surface area (Å²) in [7, 11) is -4.15. The number of anilines is 1. The fourth-order valence-electron chi connectivity index (χ4n) is 2.92. The molecular weight excluding hydrogens is 435 g/mol. The predicted octanol–water partition coefficient (Wildman–Crippen LogP) is 3.88. The zero-order valence-corrected chi connectivity index (χ0v) is 16.8. The number of rotatable bonds is 7. The monoisotopic (exact) mass is 453 g/mol. The number of halogens is 3. The van der Waals surface area contributed by atoms with Crippen LogP contribution < -0.4 is 10.2 Å². The Bertz CT molecular complexity index is 1200. The number of aromatic nitrogens is 1. The van der Waals surface area contributed by atoms with Crippen LogP contribution in [0.2, 0.25) is 0 Å². The van der Waals surface area contributed by atoms with Gasteiger partial charge >= 0.3 is 6.18 Å². The Hall–Kier alpha value is -3.18. The molecule has 164 valence electrons. The van der Waals surface area contributed by atoms with Crippen LogP contribution in [-0.4, -0.2) is 24.5 Å². The van der Waals surface area contributed by atoms with Gasteiger partial charge in [-0.1, -0.05) is 18.2 Å². The number of fused-ring (bicyclic) bond motifs is 1. The third-order valence-electron chi connectivity index (χ3n) is 4.48. The lowest BCUT2D eigenvalue weighted by molar-refractivity contribution is -0.137. The minimum atomic E-state index is -4.57. The van der Waals surface area contributed by atoms with E-state index in [0.29, 0.717) is 41.6 Å². The zero-order chi connectivity index (χ0) is 22.6. The Kier molecular flexibility index (Phi) is 6.46. The Labute approximate surface area is 175 Å². The molecule has 0 saturated carbocycles. The van der Waals surface area contributed by atoms with Crippen LogP contribution in [0.15, 0.2) is 59.5 Å². The van der Waals surface area contributed by atoms with Crippen molar-refractivity contribution in [2.75, 3.05) is 4.72 Å². The molecule has 0 fully saturated rings. The summed E-state index contributed by atoms with van der Waals surface area (Å²) in [5, 5.41) is 9.19. The summed E-state index contributed by atoms with van der Waals surface area (Å²) in [6.07, 6.45) is -3.63. The number of hydroxylamine groups is 1. The Morgan fingerprint density at radius 2 is 1.74 bits per heavy atom. The quantitative estimate of drug-likeness (QED) is 0.372. The highest BCUT2D eigenvalue weighted by molar-refractivity contribution is 7.92. The number of nitrogens with zero attached hydrogens (tertiary/aromatic N) is 1. The number of amides is 1. The number of hydrogen-bond donors (Lipinski definition) is 3. The van der Waals surface area contributed by atoms with Gasteiger partial charge in [-0.05, 0) is 49.2 Å². The SMILES string of the molecule is O=C(CCCc1ccc2cccc(NS(=O)(=O)c3ccc(C(F)(F)F)cc3)c2n1)NO. The lowest BCUT2D eigenvalue weighted by Gasteiger charge is -2.12. The van der Waals surface area contributed by atoms with Gasteiger partial charge < -0.3 is 0 Å². The molecule has 0 aliphatic carbocycles. The molecule has 0 unspecified atom stereocenters. The van der Waals surface area contributed by atoms with Gasteiger partial charge in [0.2, 0.25) is 5.91 Å². The number of hydrogen-bond acceptors (Lipinski definition) is 5. The fourth-order valence-corrected chi connectivity index (χ4v) is 3.99. The van der Waals surface area contributed by atoms with Crippen molar-refractivity contribution >= 4 is 32.5 Å². The molecule has 3 aromatic rings. The van der Waals surface area contributed by atoms with Gasteiger partial charge in [-0.2, -0.15) is 13.2 Å². The molecule has 0 saturated heterocycles. The fraction of sp³-hybridized carbons (Fsp3) is 0.200. The van der Waals surface area contributed by atoms with Crippen molar-refractivity contribution in [3.8, 4) is 0 Å². The van der Waals surface area contributed by atoms with Crippen molar-refractivity contribution < 1.29 is 31.6 Å². The number of benzene rings is 2.